The second kappa shape index (κ2) is 8.65. The van der Waals surface area contributed by atoms with E-state index < -0.39 is 11.6 Å². The monoisotopic (exact) mass is 342 g/mol. The van der Waals surface area contributed by atoms with E-state index >= 15 is 0 Å². The lowest BCUT2D eigenvalue weighted by Gasteiger charge is -2.15. The Hall–Kier alpha value is -2.36. The van der Waals surface area contributed by atoms with Gasteiger partial charge in [0.05, 0.1) is 11.1 Å². The van der Waals surface area contributed by atoms with Crippen molar-refractivity contribution in [3.05, 3.63) is 63.2 Å². The molecule has 0 fully saturated rings. The summed E-state index contributed by atoms with van der Waals surface area (Å²) in [6.07, 6.45) is 3.15. The van der Waals surface area contributed by atoms with Crippen LogP contribution >= 0.6 is 0 Å². The minimum Gasteiger partial charge on any atom is -0.427 e. The Balaban J connectivity index is 2.43. The maximum Gasteiger partial charge on any atom is 0.343 e. The molecule has 4 heteroatoms. The summed E-state index contributed by atoms with van der Waals surface area (Å²) in [5.74, 6) is 1.05. The standard InChI is InChI=1S/C21H26O4/c1-5-9-17-18(13-12-14(2)3)24-20(22)15(4)19(17)25-21(23)16-10-7-6-8-11-16/h6-8,10-11,14H,5,9,12-13H2,1-4H3. The molecular weight excluding hydrogens is 316 g/mol. The van der Waals surface area contributed by atoms with Gasteiger partial charge in [-0.1, -0.05) is 45.4 Å². The van der Waals surface area contributed by atoms with Crippen molar-refractivity contribution >= 4 is 5.97 Å². The summed E-state index contributed by atoms with van der Waals surface area (Å²) in [7, 11) is 0. The van der Waals surface area contributed by atoms with E-state index in [0.29, 0.717) is 41.4 Å². The van der Waals surface area contributed by atoms with Gasteiger partial charge < -0.3 is 9.15 Å². The number of aryl methyl sites for hydroxylation is 1. The zero-order valence-corrected chi connectivity index (χ0v) is 15.4. The van der Waals surface area contributed by atoms with E-state index in [1.165, 1.54) is 0 Å². The van der Waals surface area contributed by atoms with Crippen LogP contribution in [-0.2, 0) is 12.8 Å². The van der Waals surface area contributed by atoms with Crippen LogP contribution in [0, 0.1) is 12.8 Å². The third-order valence-corrected chi connectivity index (χ3v) is 4.13. The van der Waals surface area contributed by atoms with Crippen molar-refractivity contribution in [3.63, 3.8) is 0 Å². The molecule has 0 amide bonds. The summed E-state index contributed by atoms with van der Waals surface area (Å²) < 4.78 is 11.2. The van der Waals surface area contributed by atoms with Gasteiger partial charge >= 0.3 is 11.6 Å². The molecule has 0 saturated carbocycles. The fourth-order valence-electron chi connectivity index (χ4n) is 2.68. The summed E-state index contributed by atoms with van der Waals surface area (Å²) in [4.78, 5) is 24.7. The number of rotatable bonds is 7. The summed E-state index contributed by atoms with van der Waals surface area (Å²) in [6, 6.07) is 8.80. The molecule has 0 N–H and O–H groups in total. The van der Waals surface area contributed by atoms with Crippen molar-refractivity contribution in [1.29, 1.82) is 0 Å². The maximum atomic E-state index is 12.5. The number of carbonyl (C=O) groups is 1. The van der Waals surface area contributed by atoms with E-state index in [1.54, 1.807) is 31.2 Å². The highest BCUT2D eigenvalue weighted by Gasteiger charge is 2.21. The predicted molar refractivity (Wildman–Crippen MR) is 98.3 cm³/mol. The van der Waals surface area contributed by atoms with Crippen LogP contribution in [0.4, 0.5) is 0 Å². The molecule has 2 rings (SSSR count). The van der Waals surface area contributed by atoms with Gasteiger partial charge in [0.15, 0.2) is 0 Å². The van der Waals surface area contributed by atoms with Crippen LogP contribution in [0.3, 0.4) is 0 Å². The third-order valence-electron chi connectivity index (χ3n) is 4.13. The summed E-state index contributed by atoms with van der Waals surface area (Å²) >= 11 is 0. The first kappa shape index (κ1) is 19.0. The lowest BCUT2D eigenvalue weighted by molar-refractivity contribution is 0.0730. The van der Waals surface area contributed by atoms with E-state index in [9.17, 15) is 9.59 Å². The van der Waals surface area contributed by atoms with Gasteiger partial charge in [-0.25, -0.2) is 9.59 Å². The van der Waals surface area contributed by atoms with E-state index in [4.69, 9.17) is 9.15 Å². The van der Waals surface area contributed by atoms with Crippen molar-refractivity contribution in [2.24, 2.45) is 5.92 Å². The molecule has 0 aliphatic rings. The normalized spacial score (nSPS) is 10.9. The zero-order valence-electron chi connectivity index (χ0n) is 15.4. The first-order chi connectivity index (χ1) is 11.9. The Labute approximate surface area is 148 Å². The average Bonchev–Trinajstić information content (AvgIpc) is 2.60. The fourth-order valence-corrected chi connectivity index (χ4v) is 2.68. The first-order valence-corrected chi connectivity index (χ1v) is 8.86. The number of esters is 1. The minimum atomic E-state index is -0.457. The topological polar surface area (TPSA) is 56.5 Å². The predicted octanol–water partition coefficient (Wildman–Crippen LogP) is 4.71. The van der Waals surface area contributed by atoms with Crippen LogP contribution in [0.15, 0.2) is 39.5 Å². The van der Waals surface area contributed by atoms with E-state index in [-0.39, 0.29) is 0 Å². The molecule has 0 aliphatic carbocycles. The Morgan fingerprint density at radius 3 is 2.44 bits per heavy atom. The van der Waals surface area contributed by atoms with Crippen LogP contribution in [0.1, 0.15) is 60.9 Å². The fraction of sp³-hybridized carbons (Fsp3) is 0.429. The number of hydrogen-bond acceptors (Lipinski definition) is 4. The second-order valence-electron chi connectivity index (χ2n) is 6.68. The Morgan fingerprint density at radius 1 is 1.16 bits per heavy atom. The molecular formula is C21H26O4. The molecule has 0 radical (unpaired) electrons. The average molecular weight is 342 g/mol. The van der Waals surface area contributed by atoms with Gasteiger partial charge in [0.2, 0.25) is 0 Å². The van der Waals surface area contributed by atoms with Crippen LogP contribution in [0.5, 0.6) is 5.75 Å². The van der Waals surface area contributed by atoms with Gasteiger partial charge in [0.25, 0.3) is 0 Å². The van der Waals surface area contributed by atoms with Gasteiger partial charge in [-0.05, 0) is 37.8 Å². The summed E-state index contributed by atoms with van der Waals surface area (Å²) in [5.41, 5.74) is 1.21. The molecule has 25 heavy (non-hydrogen) atoms. The number of ether oxygens (including phenoxy) is 1. The SMILES string of the molecule is CCCc1c(CCC(C)C)oc(=O)c(C)c1OC(=O)c1ccccc1. The first-order valence-electron chi connectivity index (χ1n) is 8.86. The molecule has 1 heterocycles. The number of benzene rings is 1. The molecule has 0 unspecified atom stereocenters. The minimum absolute atomic E-state index is 0.348. The highest BCUT2D eigenvalue weighted by Crippen LogP contribution is 2.28. The second-order valence-corrected chi connectivity index (χ2v) is 6.68. The van der Waals surface area contributed by atoms with Crippen molar-refractivity contribution in [2.45, 2.75) is 53.4 Å². The highest BCUT2D eigenvalue weighted by atomic mass is 16.5. The van der Waals surface area contributed by atoms with E-state index in [1.807, 2.05) is 6.07 Å². The van der Waals surface area contributed by atoms with Crippen molar-refractivity contribution in [3.8, 4) is 5.75 Å². The Kier molecular flexibility index (Phi) is 6.57. The summed E-state index contributed by atoms with van der Waals surface area (Å²) in [6.45, 7) is 7.95. The molecule has 0 aliphatic heterocycles. The van der Waals surface area contributed by atoms with Gasteiger partial charge in [-0.15, -0.1) is 0 Å². The summed E-state index contributed by atoms with van der Waals surface area (Å²) in [5, 5.41) is 0. The number of hydrogen-bond donors (Lipinski definition) is 0. The van der Waals surface area contributed by atoms with Gasteiger partial charge in [0.1, 0.15) is 11.5 Å². The molecule has 0 atom stereocenters. The molecule has 134 valence electrons. The van der Waals surface area contributed by atoms with Gasteiger partial charge in [-0.3, -0.25) is 0 Å². The largest absolute Gasteiger partial charge is 0.427 e. The van der Waals surface area contributed by atoms with E-state index in [0.717, 1.165) is 18.4 Å². The lowest BCUT2D eigenvalue weighted by atomic mass is 10.00. The van der Waals surface area contributed by atoms with Crippen molar-refractivity contribution in [2.75, 3.05) is 0 Å². The van der Waals surface area contributed by atoms with E-state index in [2.05, 4.69) is 20.8 Å². The molecule has 0 bridgehead atoms. The van der Waals surface area contributed by atoms with Crippen LogP contribution in [0.25, 0.3) is 0 Å². The molecule has 0 spiro atoms. The highest BCUT2D eigenvalue weighted by molar-refractivity contribution is 5.91. The molecule has 2 aromatic rings. The van der Waals surface area contributed by atoms with Crippen molar-refractivity contribution < 1.29 is 13.9 Å². The molecule has 0 saturated heterocycles. The lowest BCUT2D eigenvalue weighted by Crippen LogP contribution is -2.17. The maximum absolute atomic E-state index is 12.5. The van der Waals surface area contributed by atoms with Gasteiger partial charge in [-0.2, -0.15) is 0 Å². The third kappa shape index (κ3) is 4.81. The van der Waals surface area contributed by atoms with Crippen LogP contribution in [-0.4, -0.2) is 5.97 Å². The van der Waals surface area contributed by atoms with Crippen molar-refractivity contribution in [1.82, 2.24) is 0 Å². The van der Waals surface area contributed by atoms with Gasteiger partial charge in [0, 0.05) is 12.0 Å². The van der Waals surface area contributed by atoms with Crippen LogP contribution in [0.2, 0.25) is 0 Å². The van der Waals surface area contributed by atoms with Crippen LogP contribution < -0.4 is 10.4 Å². The zero-order chi connectivity index (χ0) is 18.4. The molecule has 4 nitrogen and oxygen atoms in total. The Morgan fingerprint density at radius 2 is 1.84 bits per heavy atom. The smallest absolute Gasteiger partial charge is 0.343 e. The molecule has 1 aromatic heterocycles. The Bertz CT molecular complexity index is 772. The molecule has 1 aromatic carbocycles. The quantitative estimate of drug-likeness (QED) is 0.684. The number of carbonyl (C=O) groups excluding carboxylic acids is 1.